The first-order valence-corrected chi connectivity index (χ1v) is 9.61. The van der Waals surface area contributed by atoms with Crippen molar-refractivity contribution < 1.29 is 14.0 Å². The minimum Gasteiger partial charge on any atom is -0.268 e. The van der Waals surface area contributed by atoms with Crippen LogP contribution in [0.1, 0.15) is 5.56 Å². The number of imide groups is 1. The van der Waals surface area contributed by atoms with Gasteiger partial charge in [-0.25, -0.2) is 9.29 Å². The summed E-state index contributed by atoms with van der Waals surface area (Å²) >= 11 is 7.15. The monoisotopic (exact) mass is 409 g/mol. The van der Waals surface area contributed by atoms with Gasteiger partial charge in [-0.05, 0) is 54.1 Å². The maximum Gasteiger partial charge on any atom is 0.272 e. The maximum atomic E-state index is 13.4. The fraction of sp³-hybridized carbons (Fsp3) is 0. The van der Waals surface area contributed by atoms with Crippen LogP contribution in [0, 0.1) is 5.82 Å². The van der Waals surface area contributed by atoms with E-state index in [0.717, 1.165) is 9.80 Å². The first-order chi connectivity index (χ1) is 13.5. The summed E-state index contributed by atoms with van der Waals surface area (Å²) < 4.78 is 13.4. The molecular weight excluding hydrogens is 397 g/mol. The molecule has 0 aromatic heterocycles. The highest BCUT2D eigenvalue weighted by Gasteiger charge is 2.40. The molecule has 1 aliphatic rings. The number of hydrogen-bond donors (Lipinski definition) is 0. The predicted octanol–water partition coefficient (Wildman–Crippen LogP) is 5.56. The average molecular weight is 410 g/mol. The van der Waals surface area contributed by atoms with E-state index >= 15 is 0 Å². The second kappa shape index (κ2) is 7.62. The van der Waals surface area contributed by atoms with Gasteiger partial charge in [-0.15, -0.1) is 0 Å². The molecule has 2 amide bonds. The highest BCUT2D eigenvalue weighted by atomic mass is 35.5. The third kappa shape index (κ3) is 3.46. The Balaban J connectivity index is 1.81. The van der Waals surface area contributed by atoms with Gasteiger partial charge in [-0.2, -0.15) is 0 Å². The van der Waals surface area contributed by atoms with Gasteiger partial charge >= 0.3 is 0 Å². The standard InChI is InChI=1S/C22H13ClFNO2S/c23-15-8-12-17(13-9-15)25-21(26)19(14-6-10-16(24)11-7-14)20(22(25)27)28-18-4-2-1-3-5-18/h1-13H. The molecule has 4 rings (SSSR count). The summed E-state index contributed by atoms with van der Waals surface area (Å²) in [6.07, 6.45) is 0. The molecule has 3 aromatic carbocycles. The first-order valence-electron chi connectivity index (χ1n) is 8.42. The van der Waals surface area contributed by atoms with Crippen LogP contribution < -0.4 is 4.90 Å². The van der Waals surface area contributed by atoms with Gasteiger partial charge < -0.3 is 0 Å². The maximum absolute atomic E-state index is 13.4. The van der Waals surface area contributed by atoms with Gasteiger partial charge in [0.05, 0.1) is 16.2 Å². The van der Waals surface area contributed by atoms with Crippen LogP contribution >= 0.6 is 23.4 Å². The zero-order chi connectivity index (χ0) is 19.7. The molecule has 0 aliphatic carbocycles. The Morgan fingerprint density at radius 2 is 1.43 bits per heavy atom. The quantitative estimate of drug-likeness (QED) is 0.530. The lowest BCUT2D eigenvalue weighted by Crippen LogP contribution is -2.31. The van der Waals surface area contributed by atoms with Crippen molar-refractivity contribution in [1.29, 1.82) is 0 Å². The summed E-state index contributed by atoms with van der Waals surface area (Å²) in [4.78, 5) is 28.6. The molecule has 6 heteroatoms. The average Bonchev–Trinajstić information content (AvgIpc) is 2.94. The van der Waals surface area contributed by atoms with Crippen LogP contribution in [-0.2, 0) is 9.59 Å². The summed E-state index contributed by atoms with van der Waals surface area (Å²) in [6, 6.07) is 21.4. The van der Waals surface area contributed by atoms with Gasteiger partial charge in [-0.3, -0.25) is 9.59 Å². The van der Waals surface area contributed by atoms with Crippen molar-refractivity contribution in [2.45, 2.75) is 4.90 Å². The SMILES string of the molecule is O=C1C(Sc2ccccc2)=C(c2ccc(F)cc2)C(=O)N1c1ccc(Cl)cc1. The number of nitrogens with zero attached hydrogens (tertiary/aromatic N) is 1. The van der Waals surface area contributed by atoms with Crippen molar-refractivity contribution in [1.82, 2.24) is 0 Å². The molecule has 0 saturated heterocycles. The Hall–Kier alpha value is -2.89. The van der Waals surface area contributed by atoms with E-state index in [4.69, 9.17) is 11.6 Å². The van der Waals surface area contributed by atoms with Crippen LogP contribution in [0.4, 0.5) is 10.1 Å². The highest BCUT2D eigenvalue weighted by molar-refractivity contribution is 8.04. The van der Waals surface area contributed by atoms with Gasteiger partial charge in [0.15, 0.2) is 0 Å². The first kappa shape index (κ1) is 18.5. The van der Waals surface area contributed by atoms with Crippen molar-refractivity contribution in [3.63, 3.8) is 0 Å². The number of halogens is 2. The molecule has 138 valence electrons. The van der Waals surface area contributed by atoms with Gasteiger partial charge in [0, 0.05) is 9.92 Å². The van der Waals surface area contributed by atoms with Crippen molar-refractivity contribution >= 4 is 46.4 Å². The number of amides is 2. The molecule has 0 bridgehead atoms. The molecule has 3 nitrogen and oxygen atoms in total. The Morgan fingerprint density at radius 3 is 2.07 bits per heavy atom. The van der Waals surface area contributed by atoms with Gasteiger partial charge in [0.2, 0.25) is 0 Å². The zero-order valence-corrected chi connectivity index (χ0v) is 16.0. The van der Waals surface area contributed by atoms with E-state index in [2.05, 4.69) is 0 Å². The number of rotatable bonds is 4. The van der Waals surface area contributed by atoms with Crippen LogP contribution in [0.25, 0.3) is 5.57 Å². The van der Waals surface area contributed by atoms with Crippen LogP contribution in [-0.4, -0.2) is 11.8 Å². The van der Waals surface area contributed by atoms with E-state index in [1.165, 1.54) is 36.0 Å². The summed E-state index contributed by atoms with van der Waals surface area (Å²) in [7, 11) is 0. The summed E-state index contributed by atoms with van der Waals surface area (Å²) in [6.45, 7) is 0. The van der Waals surface area contributed by atoms with E-state index in [9.17, 15) is 14.0 Å². The van der Waals surface area contributed by atoms with E-state index < -0.39 is 17.6 Å². The predicted molar refractivity (Wildman–Crippen MR) is 110 cm³/mol. The fourth-order valence-electron chi connectivity index (χ4n) is 2.91. The Bertz CT molecular complexity index is 1080. The topological polar surface area (TPSA) is 37.4 Å². The second-order valence-corrected chi connectivity index (χ2v) is 7.57. The van der Waals surface area contributed by atoms with E-state index in [0.29, 0.717) is 21.2 Å². The number of anilines is 1. The van der Waals surface area contributed by atoms with E-state index in [-0.39, 0.29) is 5.57 Å². The number of benzene rings is 3. The molecule has 0 fully saturated rings. The molecule has 0 atom stereocenters. The third-order valence-electron chi connectivity index (χ3n) is 4.22. The highest BCUT2D eigenvalue weighted by Crippen LogP contribution is 2.41. The minimum atomic E-state index is -0.447. The summed E-state index contributed by atoms with van der Waals surface area (Å²) in [5, 5.41) is 0.508. The Kier molecular flexibility index (Phi) is 5.03. The van der Waals surface area contributed by atoms with Crippen LogP contribution in [0.5, 0.6) is 0 Å². The largest absolute Gasteiger partial charge is 0.272 e. The number of thioether (sulfide) groups is 1. The van der Waals surface area contributed by atoms with E-state index in [1.54, 1.807) is 24.3 Å². The molecule has 3 aromatic rings. The van der Waals surface area contributed by atoms with Gasteiger partial charge in [0.25, 0.3) is 11.8 Å². The molecule has 0 saturated carbocycles. The molecule has 0 radical (unpaired) electrons. The summed E-state index contributed by atoms with van der Waals surface area (Å²) in [5.74, 6) is -1.27. The third-order valence-corrected chi connectivity index (χ3v) is 5.56. The zero-order valence-electron chi connectivity index (χ0n) is 14.4. The van der Waals surface area contributed by atoms with Crippen LogP contribution in [0.2, 0.25) is 5.02 Å². The lowest BCUT2D eigenvalue weighted by molar-refractivity contribution is -0.119. The molecule has 28 heavy (non-hydrogen) atoms. The van der Waals surface area contributed by atoms with Crippen molar-refractivity contribution in [2.24, 2.45) is 0 Å². The lowest BCUT2D eigenvalue weighted by Gasteiger charge is -2.15. The molecule has 0 N–H and O–H groups in total. The minimum absolute atomic E-state index is 0.258. The smallest absolute Gasteiger partial charge is 0.268 e. The molecular formula is C22H13ClFNO2S. The lowest BCUT2D eigenvalue weighted by atomic mass is 10.1. The number of carbonyl (C=O) groups is 2. The van der Waals surface area contributed by atoms with Gasteiger partial charge in [0.1, 0.15) is 5.82 Å². The van der Waals surface area contributed by atoms with Crippen LogP contribution in [0.3, 0.4) is 0 Å². The Labute approximate surface area is 170 Å². The normalized spacial score (nSPS) is 14.1. The molecule has 1 aliphatic heterocycles. The number of carbonyl (C=O) groups excluding carboxylic acids is 2. The van der Waals surface area contributed by atoms with Gasteiger partial charge in [-0.1, -0.05) is 53.7 Å². The summed E-state index contributed by atoms with van der Waals surface area (Å²) in [5.41, 5.74) is 1.19. The second-order valence-electron chi connectivity index (χ2n) is 6.05. The van der Waals surface area contributed by atoms with E-state index in [1.807, 2.05) is 30.3 Å². The van der Waals surface area contributed by atoms with Crippen molar-refractivity contribution in [3.8, 4) is 0 Å². The molecule has 0 unspecified atom stereocenters. The van der Waals surface area contributed by atoms with Crippen LogP contribution in [0.15, 0.2) is 88.7 Å². The fourth-order valence-corrected chi connectivity index (χ4v) is 4.05. The molecule has 0 spiro atoms. The molecule has 1 heterocycles. The van der Waals surface area contributed by atoms with Crippen molar-refractivity contribution in [3.05, 3.63) is 100 Å². The number of hydrogen-bond acceptors (Lipinski definition) is 3. The van der Waals surface area contributed by atoms with Crippen molar-refractivity contribution in [2.75, 3.05) is 4.90 Å². The Morgan fingerprint density at radius 1 is 0.786 bits per heavy atom.